The molecule has 0 N–H and O–H groups in total. The van der Waals surface area contributed by atoms with Crippen LogP contribution in [0.2, 0.25) is 0 Å². The molecule has 0 bridgehead atoms. The average Bonchev–Trinajstić information content (AvgIpc) is 2.32. The number of allylic oxidation sites excluding steroid dienone is 6. The van der Waals surface area contributed by atoms with Crippen molar-refractivity contribution in [2.24, 2.45) is 0 Å². The van der Waals surface area contributed by atoms with E-state index in [0.717, 1.165) is 12.8 Å². The Morgan fingerprint density at radius 2 is 1.27 bits per heavy atom. The summed E-state index contributed by atoms with van der Waals surface area (Å²) in [5.41, 5.74) is 2.45. The molecule has 0 saturated carbocycles. The molecule has 0 atom stereocenters. The molecule has 0 fully saturated rings. The van der Waals surface area contributed by atoms with E-state index in [1.807, 2.05) is 26.0 Å². The Morgan fingerprint density at radius 3 is 1.47 bits per heavy atom. The van der Waals surface area contributed by atoms with Gasteiger partial charge in [0.15, 0.2) is 0 Å². The maximum atomic E-state index is 3.73. The quantitative estimate of drug-likeness (QED) is 0.563. The zero-order chi connectivity index (χ0) is 12.1. The first kappa shape index (κ1) is 16.4. The van der Waals surface area contributed by atoms with Crippen molar-refractivity contribution in [3.63, 3.8) is 0 Å². The molecule has 0 aliphatic heterocycles. The average molecular weight is 206 g/mol. The first-order valence-electron chi connectivity index (χ1n) is 5.95. The molecular weight excluding hydrogens is 180 g/mol. The lowest BCUT2D eigenvalue weighted by atomic mass is 9.98. The fourth-order valence-electron chi connectivity index (χ4n) is 1.12. The Bertz CT molecular complexity index is 192. The zero-order valence-corrected chi connectivity index (χ0v) is 10.8. The highest BCUT2D eigenvalue weighted by molar-refractivity contribution is 5.46. The van der Waals surface area contributed by atoms with E-state index in [2.05, 4.69) is 39.2 Å². The molecule has 0 aromatic rings. The van der Waals surface area contributed by atoms with Gasteiger partial charge in [0.05, 0.1) is 0 Å². The molecule has 0 radical (unpaired) electrons. The van der Waals surface area contributed by atoms with Crippen LogP contribution in [0.1, 0.15) is 47.0 Å². The van der Waals surface area contributed by atoms with Crippen LogP contribution < -0.4 is 0 Å². The molecule has 0 aromatic heterocycles. The fourth-order valence-corrected chi connectivity index (χ4v) is 1.12. The summed E-state index contributed by atoms with van der Waals surface area (Å²) in [5.74, 6) is 0. The van der Waals surface area contributed by atoms with E-state index < -0.39 is 0 Å². The van der Waals surface area contributed by atoms with Crippen LogP contribution in [-0.4, -0.2) is 0 Å². The van der Waals surface area contributed by atoms with E-state index in [1.165, 1.54) is 17.6 Å². The van der Waals surface area contributed by atoms with Crippen LogP contribution >= 0.6 is 0 Å². The van der Waals surface area contributed by atoms with Crippen LogP contribution in [0.5, 0.6) is 0 Å². The smallest absolute Gasteiger partial charge is 0.0233 e. The Hall–Kier alpha value is -1.04. The molecule has 1 aliphatic carbocycles. The second-order valence-electron chi connectivity index (χ2n) is 3.01. The topological polar surface area (TPSA) is 0 Å². The van der Waals surface area contributed by atoms with Gasteiger partial charge in [-0.25, -0.2) is 0 Å². The third-order valence-electron chi connectivity index (χ3n) is 1.67. The fraction of sp³-hybridized carbons (Fsp3) is 0.467. The van der Waals surface area contributed by atoms with Crippen molar-refractivity contribution in [2.75, 3.05) is 0 Å². The Kier molecular flexibility index (Phi) is 14.2. The van der Waals surface area contributed by atoms with Gasteiger partial charge in [0.25, 0.3) is 0 Å². The molecule has 86 valence electrons. The summed E-state index contributed by atoms with van der Waals surface area (Å²) in [6.45, 7) is 15.7. The summed E-state index contributed by atoms with van der Waals surface area (Å²) in [5, 5.41) is 0. The predicted octanol–water partition coefficient (Wildman–Crippen LogP) is 5.45. The number of hydrogen-bond acceptors (Lipinski definition) is 0. The lowest BCUT2D eigenvalue weighted by molar-refractivity contribution is 1.01. The maximum Gasteiger partial charge on any atom is -0.0233 e. The maximum absolute atomic E-state index is 3.73. The minimum Gasteiger partial charge on any atom is -0.0985 e. The zero-order valence-electron chi connectivity index (χ0n) is 10.8. The van der Waals surface area contributed by atoms with Gasteiger partial charge in [-0.1, -0.05) is 71.6 Å². The van der Waals surface area contributed by atoms with Gasteiger partial charge in [0.2, 0.25) is 0 Å². The first-order valence-corrected chi connectivity index (χ1v) is 5.95. The van der Waals surface area contributed by atoms with Crippen molar-refractivity contribution < 1.29 is 0 Å². The van der Waals surface area contributed by atoms with Crippen LogP contribution in [-0.2, 0) is 0 Å². The summed E-state index contributed by atoms with van der Waals surface area (Å²) in [6.07, 6.45) is 11.7. The van der Waals surface area contributed by atoms with Crippen molar-refractivity contribution in [3.8, 4) is 0 Å². The Labute approximate surface area is 96.1 Å². The summed E-state index contributed by atoms with van der Waals surface area (Å²) in [4.78, 5) is 0. The molecule has 0 spiro atoms. The monoisotopic (exact) mass is 206 g/mol. The van der Waals surface area contributed by atoms with Gasteiger partial charge < -0.3 is 0 Å². The summed E-state index contributed by atoms with van der Waals surface area (Å²) < 4.78 is 0. The molecule has 1 aliphatic rings. The molecule has 0 heterocycles. The van der Waals surface area contributed by atoms with E-state index in [-0.39, 0.29) is 0 Å². The van der Waals surface area contributed by atoms with Crippen molar-refractivity contribution in [2.45, 2.75) is 47.0 Å². The Morgan fingerprint density at radius 1 is 1.00 bits per heavy atom. The van der Waals surface area contributed by atoms with E-state index in [0.29, 0.717) is 0 Å². The van der Waals surface area contributed by atoms with Crippen molar-refractivity contribution in [1.29, 1.82) is 0 Å². The van der Waals surface area contributed by atoms with Gasteiger partial charge in [-0.2, -0.15) is 0 Å². The lowest BCUT2D eigenvalue weighted by Gasteiger charge is -2.07. The minimum absolute atomic E-state index is 1.14. The third kappa shape index (κ3) is 7.99. The van der Waals surface area contributed by atoms with Gasteiger partial charge in [-0.15, -0.1) is 0 Å². The molecule has 0 heteroatoms. The van der Waals surface area contributed by atoms with Gasteiger partial charge >= 0.3 is 0 Å². The van der Waals surface area contributed by atoms with Crippen LogP contribution in [0.15, 0.2) is 48.6 Å². The van der Waals surface area contributed by atoms with Crippen molar-refractivity contribution in [3.05, 3.63) is 48.6 Å². The molecule has 0 amide bonds. The molecule has 0 saturated heterocycles. The van der Waals surface area contributed by atoms with Crippen LogP contribution in [0.3, 0.4) is 0 Å². The minimum atomic E-state index is 1.14. The van der Waals surface area contributed by atoms with Gasteiger partial charge in [-0.05, 0) is 24.0 Å². The second kappa shape index (κ2) is 13.0. The van der Waals surface area contributed by atoms with E-state index in [1.54, 1.807) is 0 Å². The first-order chi connectivity index (χ1) is 7.29. The highest BCUT2D eigenvalue weighted by Gasteiger charge is 1.99. The van der Waals surface area contributed by atoms with Crippen LogP contribution in [0, 0.1) is 0 Å². The number of hydrogen-bond donors (Lipinski definition) is 0. The van der Waals surface area contributed by atoms with Gasteiger partial charge in [-0.3, -0.25) is 0 Å². The predicted molar refractivity (Wildman–Crippen MR) is 73.1 cm³/mol. The third-order valence-corrected chi connectivity index (χ3v) is 1.67. The van der Waals surface area contributed by atoms with Gasteiger partial charge in [0, 0.05) is 0 Å². The normalized spacial score (nSPS) is 13.1. The van der Waals surface area contributed by atoms with Crippen LogP contribution in [0.25, 0.3) is 0 Å². The van der Waals surface area contributed by atoms with E-state index in [9.17, 15) is 0 Å². The molecule has 0 aromatic carbocycles. The molecule has 0 unspecified atom stereocenters. The largest absolute Gasteiger partial charge is 0.0985 e. The van der Waals surface area contributed by atoms with Crippen LogP contribution in [0.4, 0.5) is 0 Å². The SMILES string of the molecule is C=CC1=CCCC=C1C=C.CC.CCC. The molecule has 0 nitrogen and oxygen atoms in total. The Balaban J connectivity index is 0. The van der Waals surface area contributed by atoms with E-state index >= 15 is 0 Å². The standard InChI is InChI=1S/C10H12.C3H8.C2H6/c1-3-9-7-5-6-8-10(9)4-2;1-3-2;1-2/h3-4,7-8H,1-2,5-6H2;3H2,1-2H3;1-2H3. The lowest BCUT2D eigenvalue weighted by Crippen LogP contribution is -1.88. The summed E-state index contributed by atoms with van der Waals surface area (Å²) >= 11 is 0. The van der Waals surface area contributed by atoms with Crippen molar-refractivity contribution >= 4 is 0 Å². The summed E-state index contributed by atoms with van der Waals surface area (Å²) in [7, 11) is 0. The highest BCUT2D eigenvalue weighted by atomic mass is 14.0. The molecular formula is C15H26. The number of rotatable bonds is 2. The van der Waals surface area contributed by atoms with E-state index in [4.69, 9.17) is 0 Å². The second-order valence-corrected chi connectivity index (χ2v) is 3.01. The van der Waals surface area contributed by atoms with Crippen molar-refractivity contribution in [1.82, 2.24) is 0 Å². The van der Waals surface area contributed by atoms with Gasteiger partial charge in [0.1, 0.15) is 0 Å². The molecule has 1 rings (SSSR count). The molecule has 15 heavy (non-hydrogen) atoms. The summed E-state index contributed by atoms with van der Waals surface area (Å²) in [6, 6.07) is 0. The highest BCUT2D eigenvalue weighted by Crippen LogP contribution is 2.19.